The number of aliphatic hydroxyl groups is 1. The van der Waals surface area contributed by atoms with Gasteiger partial charge in [-0.1, -0.05) is 18.2 Å². The molecule has 1 N–H and O–H groups in total. The number of nitrogens with zero attached hydrogens (tertiary/aromatic N) is 1. The van der Waals surface area contributed by atoms with Gasteiger partial charge in [-0.3, -0.25) is 0 Å². The van der Waals surface area contributed by atoms with Gasteiger partial charge in [-0.25, -0.2) is 9.78 Å². The van der Waals surface area contributed by atoms with E-state index < -0.39 is 12.1 Å². The van der Waals surface area contributed by atoms with Crippen molar-refractivity contribution in [2.24, 2.45) is 0 Å². The smallest absolute Gasteiger partial charge is 0.335 e. The minimum Gasteiger partial charge on any atom is -0.454 e. The Morgan fingerprint density at radius 1 is 1.45 bits per heavy atom. The zero-order chi connectivity index (χ0) is 14.1. The quantitative estimate of drug-likeness (QED) is 0.853. The first kappa shape index (κ1) is 13.1. The third-order valence-electron chi connectivity index (χ3n) is 3.65. The predicted octanol–water partition coefficient (Wildman–Crippen LogP) is 2.54. The monoisotopic (exact) mass is 271 g/mol. The number of carbonyl (C=O) groups excluding carboxylic acids is 1. The number of pyridine rings is 1. The summed E-state index contributed by atoms with van der Waals surface area (Å²) in [7, 11) is 0. The van der Waals surface area contributed by atoms with Crippen LogP contribution in [0.25, 0.3) is 10.9 Å². The van der Waals surface area contributed by atoms with E-state index in [2.05, 4.69) is 11.1 Å². The number of aromatic nitrogens is 1. The van der Waals surface area contributed by atoms with Crippen molar-refractivity contribution in [2.45, 2.75) is 38.4 Å². The van der Waals surface area contributed by atoms with Crippen LogP contribution in [-0.4, -0.2) is 22.2 Å². The molecule has 0 aliphatic heterocycles. The van der Waals surface area contributed by atoms with Gasteiger partial charge in [0.25, 0.3) is 0 Å². The predicted molar refractivity (Wildman–Crippen MR) is 75.2 cm³/mol. The van der Waals surface area contributed by atoms with Crippen molar-refractivity contribution in [1.82, 2.24) is 4.98 Å². The van der Waals surface area contributed by atoms with Gasteiger partial charge in [-0.15, -0.1) is 0 Å². The standard InChI is InChI=1S/C16H17NO3/c1-10(18)16(19)20-14-8-4-6-12-9-11-5-2-3-7-13(11)17-15(12)14/h2-3,5,7,9-10,14,18H,4,6,8H2,1H3. The van der Waals surface area contributed by atoms with Gasteiger partial charge in [0.1, 0.15) is 12.2 Å². The molecule has 1 heterocycles. The average Bonchev–Trinajstić information content (AvgIpc) is 2.45. The second kappa shape index (κ2) is 5.21. The van der Waals surface area contributed by atoms with Crippen LogP contribution in [0.5, 0.6) is 0 Å². The molecular formula is C16H17NO3. The minimum absolute atomic E-state index is 0.342. The van der Waals surface area contributed by atoms with Gasteiger partial charge in [0.2, 0.25) is 0 Å². The first-order valence-electron chi connectivity index (χ1n) is 6.92. The van der Waals surface area contributed by atoms with Crippen LogP contribution < -0.4 is 0 Å². The molecule has 4 nitrogen and oxygen atoms in total. The molecule has 3 rings (SSSR count). The maximum Gasteiger partial charge on any atom is 0.335 e. The highest BCUT2D eigenvalue weighted by atomic mass is 16.6. The fourth-order valence-electron chi connectivity index (χ4n) is 2.62. The normalized spacial score (nSPS) is 19.4. The second-order valence-corrected chi connectivity index (χ2v) is 5.22. The number of para-hydroxylation sites is 1. The van der Waals surface area contributed by atoms with Gasteiger partial charge in [0.05, 0.1) is 11.2 Å². The lowest BCUT2D eigenvalue weighted by Gasteiger charge is -2.25. The number of carbonyl (C=O) groups is 1. The lowest BCUT2D eigenvalue weighted by Crippen LogP contribution is -2.24. The van der Waals surface area contributed by atoms with E-state index in [0.29, 0.717) is 0 Å². The summed E-state index contributed by atoms with van der Waals surface area (Å²) in [5.74, 6) is -0.585. The van der Waals surface area contributed by atoms with Gasteiger partial charge < -0.3 is 9.84 Å². The molecule has 1 aliphatic rings. The zero-order valence-corrected chi connectivity index (χ0v) is 11.4. The molecule has 20 heavy (non-hydrogen) atoms. The van der Waals surface area contributed by atoms with Crippen LogP contribution >= 0.6 is 0 Å². The summed E-state index contributed by atoms with van der Waals surface area (Å²) in [5.41, 5.74) is 2.88. The van der Waals surface area contributed by atoms with E-state index in [9.17, 15) is 9.90 Å². The Morgan fingerprint density at radius 2 is 2.25 bits per heavy atom. The molecule has 0 saturated carbocycles. The van der Waals surface area contributed by atoms with E-state index in [0.717, 1.165) is 41.4 Å². The first-order chi connectivity index (χ1) is 9.65. The Labute approximate surface area is 117 Å². The van der Waals surface area contributed by atoms with Gasteiger partial charge >= 0.3 is 5.97 Å². The summed E-state index contributed by atoms with van der Waals surface area (Å²) in [6, 6.07) is 10.1. The van der Waals surface area contributed by atoms with Crippen molar-refractivity contribution < 1.29 is 14.6 Å². The number of hydrogen-bond acceptors (Lipinski definition) is 4. The Balaban J connectivity index is 1.99. The number of aliphatic hydroxyl groups excluding tert-OH is 1. The highest BCUT2D eigenvalue weighted by Crippen LogP contribution is 2.33. The van der Waals surface area contributed by atoms with Gasteiger partial charge in [0, 0.05) is 5.39 Å². The molecule has 1 aliphatic carbocycles. The van der Waals surface area contributed by atoms with Crippen LogP contribution in [0.3, 0.4) is 0 Å². The lowest BCUT2D eigenvalue weighted by atomic mass is 9.92. The summed E-state index contributed by atoms with van der Waals surface area (Å²) in [4.78, 5) is 16.2. The summed E-state index contributed by atoms with van der Waals surface area (Å²) < 4.78 is 5.38. The Morgan fingerprint density at radius 3 is 3.05 bits per heavy atom. The summed E-state index contributed by atoms with van der Waals surface area (Å²) in [6.45, 7) is 1.42. The topological polar surface area (TPSA) is 59.4 Å². The van der Waals surface area contributed by atoms with Crippen LogP contribution in [-0.2, 0) is 16.0 Å². The maximum absolute atomic E-state index is 11.6. The highest BCUT2D eigenvalue weighted by Gasteiger charge is 2.26. The molecule has 0 spiro atoms. The largest absolute Gasteiger partial charge is 0.454 e. The van der Waals surface area contributed by atoms with Crippen LogP contribution in [0.2, 0.25) is 0 Å². The van der Waals surface area contributed by atoms with E-state index in [4.69, 9.17) is 4.74 Å². The average molecular weight is 271 g/mol. The number of hydrogen-bond donors (Lipinski definition) is 1. The molecule has 0 bridgehead atoms. The molecule has 2 unspecified atom stereocenters. The van der Waals surface area contributed by atoms with Crippen LogP contribution in [0.4, 0.5) is 0 Å². The van der Waals surface area contributed by atoms with E-state index in [1.165, 1.54) is 6.92 Å². The SMILES string of the molecule is CC(O)C(=O)OC1CCCc2cc3ccccc3nc21. The molecule has 2 atom stereocenters. The highest BCUT2D eigenvalue weighted by molar-refractivity contribution is 5.80. The summed E-state index contributed by atoms with van der Waals surface area (Å²) in [6.07, 6.45) is 1.24. The molecular weight excluding hydrogens is 254 g/mol. The van der Waals surface area contributed by atoms with Crippen LogP contribution in [0.15, 0.2) is 30.3 Å². The molecule has 1 aromatic carbocycles. The van der Waals surface area contributed by atoms with E-state index in [-0.39, 0.29) is 6.10 Å². The molecule has 4 heteroatoms. The number of benzene rings is 1. The van der Waals surface area contributed by atoms with Crippen LogP contribution in [0.1, 0.15) is 37.1 Å². The van der Waals surface area contributed by atoms with E-state index in [1.807, 2.05) is 24.3 Å². The lowest BCUT2D eigenvalue weighted by molar-refractivity contribution is -0.159. The van der Waals surface area contributed by atoms with Crippen molar-refractivity contribution in [1.29, 1.82) is 0 Å². The maximum atomic E-state index is 11.6. The van der Waals surface area contributed by atoms with Crippen LogP contribution in [0, 0.1) is 0 Å². The van der Waals surface area contributed by atoms with Gasteiger partial charge in [-0.2, -0.15) is 0 Å². The Kier molecular flexibility index (Phi) is 3.40. The second-order valence-electron chi connectivity index (χ2n) is 5.22. The molecule has 2 aromatic rings. The molecule has 0 radical (unpaired) electrons. The first-order valence-corrected chi connectivity index (χ1v) is 6.92. The van der Waals surface area contributed by atoms with Crippen molar-refractivity contribution in [2.75, 3.05) is 0 Å². The van der Waals surface area contributed by atoms with Gasteiger partial charge in [0.15, 0.2) is 0 Å². The van der Waals surface area contributed by atoms with Gasteiger partial charge in [-0.05, 0) is 43.9 Å². The Hall–Kier alpha value is -1.94. The zero-order valence-electron chi connectivity index (χ0n) is 11.4. The molecule has 1 aromatic heterocycles. The Bertz CT molecular complexity index is 651. The van der Waals surface area contributed by atoms with E-state index in [1.54, 1.807) is 0 Å². The fourth-order valence-corrected chi connectivity index (χ4v) is 2.62. The minimum atomic E-state index is -1.10. The molecule has 0 saturated heterocycles. The fraction of sp³-hybridized carbons (Fsp3) is 0.375. The van der Waals surface area contributed by atoms with Crippen molar-refractivity contribution >= 4 is 16.9 Å². The van der Waals surface area contributed by atoms with Crippen molar-refractivity contribution in [3.8, 4) is 0 Å². The summed E-state index contributed by atoms with van der Waals surface area (Å²) >= 11 is 0. The number of ether oxygens (including phenoxy) is 1. The number of fused-ring (bicyclic) bond motifs is 2. The third kappa shape index (κ3) is 2.39. The van der Waals surface area contributed by atoms with Crippen molar-refractivity contribution in [3.63, 3.8) is 0 Å². The number of esters is 1. The molecule has 0 fully saturated rings. The number of rotatable bonds is 2. The molecule has 104 valence electrons. The summed E-state index contributed by atoms with van der Waals surface area (Å²) in [5, 5.41) is 10.4. The molecule has 0 amide bonds. The third-order valence-corrected chi connectivity index (χ3v) is 3.65. The van der Waals surface area contributed by atoms with Crippen molar-refractivity contribution in [3.05, 3.63) is 41.6 Å². The van der Waals surface area contributed by atoms with E-state index >= 15 is 0 Å². The number of aryl methyl sites for hydroxylation is 1.